The highest BCUT2D eigenvalue weighted by atomic mass is 16.5. The maximum Gasteiger partial charge on any atom is 0.323 e. The van der Waals surface area contributed by atoms with Crippen LogP contribution in [0.4, 0.5) is 16.2 Å². The number of para-hydroxylation sites is 2. The minimum absolute atomic E-state index is 0.211. The molecule has 1 aromatic heterocycles. The first-order valence-electron chi connectivity index (χ1n) is 10.9. The van der Waals surface area contributed by atoms with E-state index in [9.17, 15) is 9.59 Å². The van der Waals surface area contributed by atoms with Gasteiger partial charge in [-0.25, -0.2) is 9.78 Å². The number of carbonyl (C=O) groups excluding carboxylic acids is 2. The Bertz CT molecular complexity index is 1200. The summed E-state index contributed by atoms with van der Waals surface area (Å²) in [6, 6.07) is 22.6. The van der Waals surface area contributed by atoms with E-state index in [-0.39, 0.29) is 18.4 Å². The van der Waals surface area contributed by atoms with Crippen LogP contribution in [0.25, 0.3) is 11.0 Å². The van der Waals surface area contributed by atoms with Gasteiger partial charge in [-0.3, -0.25) is 4.79 Å². The van der Waals surface area contributed by atoms with Crippen molar-refractivity contribution in [3.8, 4) is 0 Å². The Hall–Kier alpha value is -4.13. The molecule has 0 saturated carbocycles. The van der Waals surface area contributed by atoms with Gasteiger partial charge >= 0.3 is 12.0 Å². The van der Waals surface area contributed by atoms with Crippen molar-refractivity contribution in [2.24, 2.45) is 0 Å². The number of aromatic nitrogens is 2. The van der Waals surface area contributed by atoms with Crippen molar-refractivity contribution in [1.29, 1.82) is 0 Å². The molecule has 33 heavy (non-hydrogen) atoms. The third-order valence-corrected chi connectivity index (χ3v) is 5.17. The molecule has 168 valence electrons. The smallest absolute Gasteiger partial charge is 0.323 e. The molecule has 0 aliphatic rings. The van der Waals surface area contributed by atoms with E-state index in [0.29, 0.717) is 18.0 Å². The number of nitrogens with one attached hydrogen (secondary N) is 3. The predicted molar refractivity (Wildman–Crippen MR) is 129 cm³/mol. The van der Waals surface area contributed by atoms with Gasteiger partial charge in [0.2, 0.25) is 0 Å². The Labute approximate surface area is 192 Å². The molecule has 1 heterocycles. The quantitative estimate of drug-likeness (QED) is 0.331. The molecule has 3 aromatic carbocycles. The summed E-state index contributed by atoms with van der Waals surface area (Å²) in [4.78, 5) is 31.8. The predicted octanol–water partition coefficient (Wildman–Crippen LogP) is 5.10. The van der Waals surface area contributed by atoms with Crippen LogP contribution in [0.15, 0.2) is 72.8 Å². The van der Waals surface area contributed by atoms with Crippen molar-refractivity contribution in [2.45, 2.75) is 26.2 Å². The van der Waals surface area contributed by atoms with Gasteiger partial charge in [-0.15, -0.1) is 0 Å². The maximum absolute atomic E-state index is 12.3. The number of aromatic amines is 1. The molecule has 0 unspecified atom stereocenters. The van der Waals surface area contributed by atoms with Crippen molar-refractivity contribution >= 4 is 34.4 Å². The molecule has 0 atom stereocenters. The van der Waals surface area contributed by atoms with E-state index in [1.54, 1.807) is 31.2 Å². The third-order valence-electron chi connectivity index (χ3n) is 5.17. The number of carbonyl (C=O) groups is 2. The summed E-state index contributed by atoms with van der Waals surface area (Å²) in [6.45, 7) is 2.14. The summed E-state index contributed by atoms with van der Waals surface area (Å²) in [5.41, 5.74) is 5.37. The van der Waals surface area contributed by atoms with Gasteiger partial charge in [-0.05, 0) is 60.9 Å². The lowest BCUT2D eigenvalue weighted by molar-refractivity contribution is -0.142. The number of amides is 2. The zero-order chi connectivity index (χ0) is 23.0. The molecule has 4 rings (SSSR count). The van der Waals surface area contributed by atoms with E-state index < -0.39 is 0 Å². The highest BCUT2D eigenvalue weighted by Crippen LogP contribution is 2.15. The first-order valence-corrected chi connectivity index (χ1v) is 10.9. The number of rotatable bonds is 8. The van der Waals surface area contributed by atoms with Gasteiger partial charge in [0.15, 0.2) is 0 Å². The molecule has 0 aliphatic heterocycles. The molecule has 7 heteroatoms. The topological polar surface area (TPSA) is 96.1 Å². The van der Waals surface area contributed by atoms with Crippen LogP contribution in [0.3, 0.4) is 0 Å². The monoisotopic (exact) mass is 442 g/mol. The molecule has 0 radical (unpaired) electrons. The average molecular weight is 443 g/mol. The van der Waals surface area contributed by atoms with E-state index >= 15 is 0 Å². The fourth-order valence-corrected chi connectivity index (χ4v) is 3.52. The van der Waals surface area contributed by atoms with Crippen molar-refractivity contribution in [1.82, 2.24) is 9.97 Å². The molecule has 0 bridgehead atoms. The molecule has 3 N–H and O–H groups in total. The normalized spacial score (nSPS) is 10.7. The minimum atomic E-state index is -0.330. The number of hydrogen-bond donors (Lipinski definition) is 3. The van der Waals surface area contributed by atoms with Gasteiger partial charge in [0.25, 0.3) is 0 Å². The van der Waals surface area contributed by atoms with Crippen molar-refractivity contribution in [3.05, 3.63) is 89.7 Å². The minimum Gasteiger partial charge on any atom is -0.466 e. The summed E-state index contributed by atoms with van der Waals surface area (Å²) in [7, 11) is 0. The van der Waals surface area contributed by atoms with E-state index in [1.807, 2.05) is 48.5 Å². The van der Waals surface area contributed by atoms with Crippen LogP contribution >= 0.6 is 0 Å². The lowest BCUT2D eigenvalue weighted by Crippen LogP contribution is -2.19. The zero-order valence-corrected chi connectivity index (χ0v) is 18.4. The number of benzene rings is 3. The van der Waals surface area contributed by atoms with Gasteiger partial charge in [-0.2, -0.15) is 0 Å². The Morgan fingerprint density at radius 3 is 2.12 bits per heavy atom. The first kappa shape index (κ1) is 22.1. The molecular weight excluding hydrogens is 416 g/mol. The van der Waals surface area contributed by atoms with Gasteiger partial charge in [-0.1, -0.05) is 36.4 Å². The molecular formula is C26H26N4O3. The second-order valence-corrected chi connectivity index (χ2v) is 7.66. The molecule has 0 saturated heterocycles. The van der Waals surface area contributed by atoms with Crippen LogP contribution in [0.2, 0.25) is 0 Å². The number of fused-ring (bicyclic) bond motifs is 1. The van der Waals surface area contributed by atoms with Crippen LogP contribution in [0, 0.1) is 0 Å². The van der Waals surface area contributed by atoms with Gasteiger partial charge in [0, 0.05) is 17.8 Å². The van der Waals surface area contributed by atoms with Gasteiger partial charge in [0.1, 0.15) is 5.82 Å². The fourth-order valence-electron chi connectivity index (χ4n) is 3.52. The summed E-state index contributed by atoms with van der Waals surface area (Å²) in [6.07, 6.45) is 1.88. The first-order chi connectivity index (χ1) is 16.1. The van der Waals surface area contributed by atoms with Crippen LogP contribution in [-0.2, 0) is 28.8 Å². The Morgan fingerprint density at radius 1 is 0.848 bits per heavy atom. The number of imidazole rings is 1. The lowest BCUT2D eigenvalue weighted by atomic mass is 10.1. The Kier molecular flexibility index (Phi) is 6.99. The lowest BCUT2D eigenvalue weighted by Gasteiger charge is -2.09. The molecule has 2 amide bonds. The summed E-state index contributed by atoms with van der Waals surface area (Å²) >= 11 is 0. The molecule has 4 aromatic rings. The number of hydrogen-bond acceptors (Lipinski definition) is 4. The second-order valence-electron chi connectivity index (χ2n) is 7.66. The number of urea groups is 1. The van der Waals surface area contributed by atoms with Crippen molar-refractivity contribution in [2.75, 3.05) is 17.2 Å². The number of ether oxygens (including phenoxy) is 1. The van der Waals surface area contributed by atoms with Crippen molar-refractivity contribution in [3.63, 3.8) is 0 Å². The number of esters is 1. The fraction of sp³-hybridized carbons (Fsp3) is 0.192. The third kappa shape index (κ3) is 6.20. The van der Waals surface area contributed by atoms with Crippen LogP contribution < -0.4 is 10.6 Å². The second kappa shape index (κ2) is 10.5. The summed E-state index contributed by atoms with van der Waals surface area (Å²) in [5, 5.41) is 5.62. The number of aryl methyl sites for hydroxylation is 2. The van der Waals surface area contributed by atoms with E-state index in [0.717, 1.165) is 35.3 Å². The molecule has 0 fully saturated rings. The zero-order valence-electron chi connectivity index (χ0n) is 18.4. The molecule has 0 spiro atoms. The highest BCUT2D eigenvalue weighted by Gasteiger charge is 2.07. The summed E-state index contributed by atoms with van der Waals surface area (Å²) in [5.74, 6) is 0.697. The number of nitrogens with zero attached hydrogens (tertiary/aromatic N) is 1. The Balaban J connectivity index is 1.26. The van der Waals surface area contributed by atoms with E-state index in [1.165, 1.54) is 5.56 Å². The largest absolute Gasteiger partial charge is 0.466 e. The van der Waals surface area contributed by atoms with Crippen LogP contribution in [-0.4, -0.2) is 28.6 Å². The summed E-state index contributed by atoms with van der Waals surface area (Å²) < 4.78 is 4.94. The Morgan fingerprint density at radius 2 is 1.48 bits per heavy atom. The van der Waals surface area contributed by atoms with Gasteiger partial charge < -0.3 is 20.4 Å². The molecule has 0 aliphatic carbocycles. The molecule has 7 nitrogen and oxygen atoms in total. The van der Waals surface area contributed by atoms with Gasteiger partial charge in [0.05, 0.1) is 24.1 Å². The number of H-pyrrole nitrogens is 1. The van der Waals surface area contributed by atoms with Crippen molar-refractivity contribution < 1.29 is 14.3 Å². The van der Waals surface area contributed by atoms with E-state index in [4.69, 9.17) is 4.74 Å². The standard InChI is InChI=1S/C26H26N4O3/c1-2-33-25(31)17-19-9-14-21(15-10-19)28-26(32)27-20-12-7-18(8-13-20)11-16-24-29-22-5-3-4-6-23(22)30-24/h3-10,12-15H,2,11,16-17H2,1H3,(H,29,30)(H2,27,28,32). The number of anilines is 2. The van der Waals surface area contributed by atoms with Crippen LogP contribution in [0.5, 0.6) is 0 Å². The van der Waals surface area contributed by atoms with Crippen LogP contribution in [0.1, 0.15) is 23.9 Å². The van der Waals surface area contributed by atoms with E-state index in [2.05, 4.69) is 20.6 Å². The highest BCUT2D eigenvalue weighted by molar-refractivity contribution is 5.99. The average Bonchev–Trinajstić information content (AvgIpc) is 3.23. The SMILES string of the molecule is CCOC(=O)Cc1ccc(NC(=O)Nc2ccc(CCc3nc4ccccc4[nH]3)cc2)cc1. The maximum atomic E-state index is 12.3.